The first-order valence-electron chi connectivity index (χ1n) is 6.76. The van der Waals surface area contributed by atoms with Crippen molar-refractivity contribution in [3.8, 4) is 5.06 Å². The molecule has 1 aliphatic rings. The van der Waals surface area contributed by atoms with Crippen LogP contribution < -0.4 is 15.4 Å². The molecular formula is C13H16N4O2S2. The van der Waals surface area contributed by atoms with Gasteiger partial charge >= 0.3 is 6.03 Å². The van der Waals surface area contributed by atoms with E-state index in [0.717, 1.165) is 17.8 Å². The molecule has 2 aromatic rings. The van der Waals surface area contributed by atoms with Crippen LogP contribution in [0.3, 0.4) is 0 Å². The Morgan fingerprint density at radius 2 is 2.24 bits per heavy atom. The van der Waals surface area contributed by atoms with E-state index in [1.54, 1.807) is 24.6 Å². The molecule has 0 saturated carbocycles. The van der Waals surface area contributed by atoms with Gasteiger partial charge in [-0.1, -0.05) is 11.3 Å². The van der Waals surface area contributed by atoms with Crippen molar-refractivity contribution in [3.63, 3.8) is 0 Å². The number of thiazole rings is 2. The second kappa shape index (κ2) is 6.40. The first kappa shape index (κ1) is 14.3. The minimum Gasteiger partial charge on any atom is -0.486 e. The van der Waals surface area contributed by atoms with Crippen LogP contribution in [0.5, 0.6) is 5.06 Å². The number of carbonyl (C=O) groups is 1. The first-order chi connectivity index (χ1) is 10.2. The second-order valence-electron chi connectivity index (χ2n) is 4.68. The standard InChI is InChI=1S/C13H16N4O2S2/c1-19-11-7-15-13(21-11)17-12(18)14-6-10-16-8-4-2-3-5-9(8)20-10/h7H,2-6H2,1H3,(H2,14,15,17,18). The number of carbonyl (C=O) groups excluding carboxylic acids is 1. The largest absolute Gasteiger partial charge is 0.486 e. The van der Waals surface area contributed by atoms with Crippen LogP contribution >= 0.6 is 22.7 Å². The third-order valence-corrected chi connectivity index (χ3v) is 5.23. The van der Waals surface area contributed by atoms with Crippen molar-refractivity contribution in [3.05, 3.63) is 21.8 Å². The molecule has 0 aromatic carbocycles. The Balaban J connectivity index is 1.52. The number of urea groups is 1. The molecule has 0 fully saturated rings. The van der Waals surface area contributed by atoms with Gasteiger partial charge in [-0.15, -0.1) is 11.3 Å². The van der Waals surface area contributed by atoms with E-state index < -0.39 is 0 Å². The van der Waals surface area contributed by atoms with Gasteiger partial charge in [0.15, 0.2) is 10.2 Å². The lowest BCUT2D eigenvalue weighted by molar-refractivity contribution is 0.251. The van der Waals surface area contributed by atoms with Gasteiger partial charge in [0.05, 0.1) is 25.5 Å². The molecule has 0 spiro atoms. The molecule has 0 atom stereocenters. The summed E-state index contributed by atoms with van der Waals surface area (Å²) in [5.41, 5.74) is 1.22. The van der Waals surface area contributed by atoms with Gasteiger partial charge in [-0.3, -0.25) is 5.32 Å². The highest BCUT2D eigenvalue weighted by Crippen LogP contribution is 2.27. The maximum Gasteiger partial charge on any atom is 0.321 e. The zero-order valence-corrected chi connectivity index (χ0v) is 13.3. The van der Waals surface area contributed by atoms with Crippen LogP contribution in [0.25, 0.3) is 0 Å². The molecule has 6 nitrogen and oxygen atoms in total. The van der Waals surface area contributed by atoms with Crippen LogP contribution in [0, 0.1) is 0 Å². The summed E-state index contributed by atoms with van der Waals surface area (Å²) in [5.74, 6) is 0. The van der Waals surface area contributed by atoms with E-state index in [1.807, 2.05) is 0 Å². The molecule has 8 heteroatoms. The summed E-state index contributed by atoms with van der Waals surface area (Å²) in [6.07, 6.45) is 6.23. The van der Waals surface area contributed by atoms with Crippen LogP contribution in [-0.4, -0.2) is 23.1 Å². The molecule has 1 aliphatic carbocycles. The molecule has 21 heavy (non-hydrogen) atoms. The van der Waals surface area contributed by atoms with E-state index in [4.69, 9.17) is 4.74 Å². The minimum absolute atomic E-state index is 0.278. The molecule has 0 saturated heterocycles. The average Bonchev–Trinajstić information content (AvgIpc) is 3.10. The Bertz CT molecular complexity index is 614. The summed E-state index contributed by atoms with van der Waals surface area (Å²) in [6.45, 7) is 0.450. The topological polar surface area (TPSA) is 76.1 Å². The number of anilines is 1. The van der Waals surface area contributed by atoms with Gasteiger partial charge in [0, 0.05) is 4.88 Å². The highest BCUT2D eigenvalue weighted by molar-refractivity contribution is 7.17. The van der Waals surface area contributed by atoms with Gasteiger partial charge in [0.2, 0.25) is 0 Å². The van der Waals surface area contributed by atoms with Crippen LogP contribution in [0.1, 0.15) is 28.4 Å². The zero-order valence-electron chi connectivity index (χ0n) is 11.6. The summed E-state index contributed by atoms with van der Waals surface area (Å²) < 4.78 is 5.03. The molecule has 2 heterocycles. The lowest BCUT2D eigenvalue weighted by Gasteiger charge is -2.06. The van der Waals surface area contributed by atoms with Crippen molar-refractivity contribution in [2.45, 2.75) is 32.2 Å². The number of rotatable bonds is 4. The molecule has 2 N–H and O–H groups in total. The number of amides is 2. The van der Waals surface area contributed by atoms with Crippen LogP contribution in [0.4, 0.5) is 9.93 Å². The zero-order chi connectivity index (χ0) is 14.7. The number of aromatic nitrogens is 2. The molecule has 2 amide bonds. The Kier molecular flexibility index (Phi) is 4.35. The molecule has 3 rings (SSSR count). The highest BCUT2D eigenvalue weighted by atomic mass is 32.1. The van der Waals surface area contributed by atoms with E-state index in [0.29, 0.717) is 16.7 Å². The number of nitrogens with zero attached hydrogens (tertiary/aromatic N) is 2. The molecule has 2 aromatic heterocycles. The second-order valence-corrected chi connectivity index (χ2v) is 6.84. The number of hydrogen-bond donors (Lipinski definition) is 2. The number of ether oxygens (including phenoxy) is 1. The predicted octanol–water partition coefficient (Wildman–Crippen LogP) is 2.81. The van der Waals surface area contributed by atoms with Crippen LogP contribution in [0.15, 0.2) is 6.20 Å². The first-order valence-corrected chi connectivity index (χ1v) is 8.40. The molecular weight excluding hydrogens is 308 g/mol. The maximum atomic E-state index is 11.8. The molecule has 0 unspecified atom stereocenters. The van der Waals surface area contributed by atoms with Gasteiger partial charge in [0.1, 0.15) is 5.01 Å². The number of hydrogen-bond acceptors (Lipinski definition) is 6. The molecule has 112 valence electrons. The summed E-state index contributed by atoms with van der Waals surface area (Å²) >= 11 is 2.99. The number of nitrogens with one attached hydrogen (secondary N) is 2. The molecule has 0 bridgehead atoms. The normalized spacial score (nSPS) is 13.6. The van der Waals surface area contributed by atoms with Crippen molar-refractivity contribution in [1.29, 1.82) is 0 Å². The minimum atomic E-state index is -0.278. The van der Waals surface area contributed by atoms with Crippen LogP contribution in [-0.2, 0) is 19.4 Å². The van der Waals surface area contributed by atoms with Gasteiger partial charge in [-0.05, 0) is 25.7 Å². The number of methoxy groups -OCH3 is 1. The van der Waals surface area contributed by atoms with Gasteiger partial charge in [0.25, 0.3) is 0 Å². The summed E-state index contributed by atoms with van der Waals surface area (Å²) in [6, 6.07) is -0.278. The fourth-order valence-electron chi connectivity index (χ4n) is 2.19. The SMILES string of the molecule is COc1cnc(NC(=O)NCc2nc3c(s2)CCCC3)s1. The smallest absolute Gasteiger partial charge is 0.321 e. The van der Waals surface area contributed by atoms with Gasteiger partial charge in [-0.25, -0.2) is 14.8 Å². The fourth-order valence-corrected chi connectivity index (χ4v) is 3.91. The van der Waals surface area contributed by atoms with Crippen molar-refractivity contribution in [1.82, 2.24) is 15.3 Å². The monoisotopic (exact) mass is 324 g/mol. The predicted molar refractivity (Wildman–Crippen MR) is 83.3 cm³/mol. The van der Waals surface area contributed by atoms with E-state index in [1.165, 1.54) is 34.7 Å². The average molecular weight is 324 g/mol. The number of fused-ring (bicyclic) bond motifs is 1. The Morgan fingerprint density at radius 3 is 3.00 bits per heavy atom. The number of aryl methyl sites for hydroxylation is 2. The van der Waals surface area contributed by atoms with Crippen molar-refractivity contribution < 1.29 is 9.53 Å². The third-order valence-electron chi connectivity index (χ3n) is 3.20. The van der Waals surface area contributed by atoms with Crippen molar-refractivity contribution in [2.24, 2.45) is 0 Å². The summed E-state index contributed by atoms with van der Waals surface area (Å²) in [5, 5.41) is 7.64. The summed E-state index contributed by atoms with van der Waals surface area (Å²) in [4.78, 5) is 21.8. The van der Waals surface area contributed by atoms with Crippen molar-refractivity contribution >= 4 is 33.8 Å². The Morgan fingerprint density at radius 1 is 1.38 bits per heavy atom. The van der Waals surface area contributed by atoms with Gasteiger partial charge < -0.3 is 10.1 Å². The lowest BCUT2D eigenvalue weighted by Crippen LogP contribution is -2.28. The van der Waals surface area contributed by atoms with E-state index >= 15 is 0 Å². The Labute approximate surface area is 130 Å². The lowest BCUT2D eigenvalue weighted by atomic mass is 10.0. The third kappa shape index (κ3) is 3.51. The Hall–Kier alpha value is -1.67. The van der Waals surface area contributed by atoms with E-state index in [9.17, 15) is 4.79 Å². The van der Waals surface area contributed by atoms with E-state index in [2.05, 4.69) is 20.6 Å². The van der Waals surface area contributed by atoms with Crippen LogP contribution in [0.2, 0.25) is 0 Å². The fraction of sp³-hybridized carbons (Fsp3) is 0.462. The van der Waals surface area contributed by atoms with Crippen molar-refractivity contribution in [2.75, 3.05) is 12.4 Å². The highest BCUT2D eigenvalue weighted by Gasteiger charge is 2.15. The van der Waals surface area contributed by atoms with E-state index in [-0.39, 0.29) is 6.03 Å². The molecule has 0 aliphatic heterocycles. The molecule has 0 radical (unpaired) electrons. The summed E-state index contributed by atoms with van der Waals surface area (Å²) in [7, 11) is 1.57. The van der Waals surface area contributed by atoms with Gasteiger partial charge in [-0.2, -0.15) is 0 Å². The quantitative estimate of drug-likeness (QED) is 0.907. The maximum absolute atomic E-state index is 11.8.